The predicted molar refractivity (Wildman–Crippen MR) is 111 cm³/mol. The molecule has 2 heteroatoms. The van der Waals surface area contributed by atoms with Crippen molar-refractivity contribution in [2.45, 2.75) is 52.7 Å². The number of hydrogen-bond acceptors (Lipinski definition) is 2. The Labute approximate surface area is 159 Å². The van der Waals surface area contributed by atoms with Crippen LogP contribution < -0.4 is 0 Å². The van der Waals surface area contributed by atoms with Gasteiger partial charge in [-0.3, -0.25) is 9.80 Å². The van der Waals surface area contributed by atoms with Gasteiger partial charge in [-0.05, 0) is 30.4 Å². The van der Waals surface area contributed by atoms with Crippen LogP contribution in [-0.2, 0) is 0 Å². The summed E-state index contributed by atoms with van der Waals surface area (Å²) in [7, 11) is 0. The molecule has 0 saturated carbocycles. The smallest absolute Gasteiger partial charge is 0.0602 e. The van der Waals surface area contributed by atoms with Gasteiger partial charge in [0.1, 0.15) is 0 Å². The third kappa shape index (κ3) is 4.19. The van der Waals surface area contributed by atoms with Gasteiger partial charge in [0.15, 0.2) is 0 Å². The summed E-state index contributed by atoms with van der Waals surface area (Å²) >= 11 is 0. The molecule has 0 radical (unpaired) electrons. The summed E-state index contributed by atoms with van der Waals surface area (Å²) in [6, 6.07) is 23.5. The van der Waals surface area contributed by atoms with Gasteiger partial charge in [0.2, 0.25) is 0 Å². The molecule has 140 valence electrons. The van der Waals surface area contributed by atoms with Gasteiger partial charge in [0.25, 0.3) is 0 Å². The highest BCUT2D eigenvalue weighted by Crippen LogP contribution is 2.35. The molecule has 3 rings (SSSR count). The molecule has 1 aliphatic rings. The summed E-state index contributed by atoms with van der Waals surface area (Å²) < 4.78 is 0. The van der Waals surface area contributed by atoms with E-state index < -0.39 is 0 Å². The minimum atomic E-state index is 0.265. The Morgan fingerprint density at radius 3 is 1.73 bits per heavy atom. The highest BCUT2D eigenvalue weighted by Gasteiger charge is 2.38. The van der Waals surface area contributed by atoms with Crippen molar-refractivity contribution in [2.75, 3.05) is 19.6 Å². The molecule has 0 spiro atoms. The molecule has 1 fully saturated rings. The Balaban J connectivity index is 1.95. The molecule has 1 saturated heterocycles. The maximum absolute atomic E-state index is 2.70. The van der Waals surface area contributed by atoms with Crippen LogP contribution in [0.15, 0.2) is 60.7 Å². The van der Waals surface area contributed by atoms with Crippen LogP contribution in [0.2, 0.25) is 0 Å². The van der Waals surface area contributed by atoms with Gasteiger partial charge in [0.05, 0.1) is 6.04 Å². The van der Waals surface area contributed by atoms with Crippen LogP contribution in [0, 0.1) is 5.41 Å². The molecule has 2 aromatic rings. The lowest BCUT2D eigenvalue weighted by atomic mass is 9.82. The zero-order chi connectivity index (χ0) is 18.7. The summed E-state index contributed by atoms with van der Waals surface area (Å²) in [4.78, 5) is 5.39. The lowest BCUT2D eigenvalue weighted by Gasteiger charge is -2.51. The fraction of sp³-hybridized carbons (Fsp3) is 0.500. The van der Waals surface area contributed by atoms with E-state index in [1.807, 2.05) is 0 Å². The van der Waals surface area contributed by atoms with Crippen molar-refractivity contribution in [3.63, 3.8) is 0 Å². The summed E-state index contributed by atoms with van der Waals surface area (Å²) in [6.07, 6.45) is 0. The van der Waals surface area contributed by atoms with Gasteiger partial charge < -0.3 is 0 Å². The molecule has 0 bridgehead atoms. The topological polar surface area (TPSA) is 6.48 Å². The molecule has 1 atom stereocenters. The molecule has 0 amide bonds. The van der Waals surface area contributed by atoms with Crippen molar-refractivity contribution < 1.29 is 0 Å². The molecule has 2 aromatic carbocycles. The van der Waals surface area contributed by atoms with E-state index in [9.17, 15) is 0 Å². The van der Waals surface area contributed by atoms with Crippen LogP contribution in [0.1, 0.15) is 51.8 Å². The minimum absolute atomic E-state index is 0.265. The molecule has 1 heterocycles. The normalized spacial score (nSPS) is 20.0. The molecular weight excluding hydrogens is 316 g/mol. The Bertz CT molecular complexity index is 633. The number of piperazine rings is 1. The predicted octanol–water partition coefficient (Wildman–Crippen LogP) is 5.22. The monoisotopic (exact) mass is 350 g/mol. The first-order valence-electron chi connectivity index (χ1n) is 9.97. The fourth-order valence-corrected chi connectivity index (χ4v) is 4.33. The first-order chi connectivity index (χ1) is 12.4. The van der Waals surface area contributed by atoms with E-state index in [1.54, 1.807) is 0 Å². The Hall–Kier alpha value is -1.64. The zero-order valence-corrected chi connectivity index (χ0v) is 17.0. The highest BCUT2D eigenvalue weighted by atomic mass is 15.3. The molecule has 1 aliphatic heterocycles. The molecule has 2 nitrogen and oxygen atoms in total. The van der Waals surface area contributed by atoms with Crippen LogP contribution in [-0.4, -0.2) is 41.5 Å². The average molecular weight is 351 g/mol. The second-order valence-corrected chi connectivity index (χ2v) is 8.93. The van der Waals surface area contributed by atoms with Crippen molar-refractivity contribution in [3.05, 3.63) is 71.8 Å². The second kappa shape index (κ2) is 7.94. The SMILES string of the molecule is CC(C)N1CCN(C(c2ccccc2)c2ccccc2)C[C@H]1C(C)(C)C. The minimum Gasteiger partial charge on any atom is -0.295 e. The molecule has 0 N–H and O–H groups in total. The van der Waals surface area contributed by atoms with E-state index >= 15 is 0 Å². The van der Waals surface area contributed by atoms with Crippen LogP contribution >= 0.6 is 0 Å². The molecule has 26 heavy (non-hydrogen) atoms. The van der Waals surface area contributed by atoms with Crippen LogP contribution in [0.4, 0.5) is 0 Å². The quantitative estimate of drug-likeness (QED) is 0.746. The number of nitrogens with zero attached hydrogens (tertiary/aromatic N) is 2. The first kappa shape index (κ1) is 19.1. The zero-order valence-electron chi connectivity index (χ0n) is 17.0. The fourth-order valence-electron chi connectivity index (χ4n) is 4.33. The van der Waals surface area contributed by atoms with E-state index in [-0.39, 0.29) is 5.41 Å². The average Bonchev–Trinajstić information content (AvgIpc) is 2.63. The van der Waals surface area contributed by atoms with E-state index in [2.05, 4.69) is 105 Å². The molecule has 0 aliphatic carbocycles. The van der Waals surface area contributed by atoms with Gasteiger partial charge in [-0.1, -0.05) is 81.4 Å². The lowest BCUT2D eigenvalue weighted by Crippen LogP contribution is -2.60. The van der Waals surface area contributed by atoms with Gasteiger partial charge in [-0.2, -0.15) is 0 Å². The third-order valence-electron chi connectivity index (χ3n) is 5.71. The van der Waals surface area contributed by atoms with Crippen molar-refractivity contribution in [1.82, 2.24) is 9.80 Å². The van der Waals surface area contributed by atoms with E-state index in [0.29, 0.717) is 18.1 Å². The first-order valence-corrected chi connectivity index (χ1v) is 9.97. The summed E-state index contributed by atoms with van der Waals surface area (Å²) in [5, 5.41) is 0. The van der Waals surface area contributed by atoms with Crippen LogP contribution in [0.25, 0.3) is 0 Å². The summed E-state index contributed by atoms with van der Waals surface area (Å²) in [5.74, 6) is 0. The molecule has 0 aromatic heterocycles. The summed E-state index contributed by atoms with van der Waals surface area (Å²) in [6.45, 7) is 15.2. The molecule has 0 unspecified atom stereocenters. The standard InChI is InChI=1S/C24H34N2/c1-19(2)26-17-16-25(18-22(26)24(3,4)5)23(20-12-8-6-9-13-20)21-14-10-7-11-15-21/h6-15,19,22-23H,16-18H2,1-5H3/t22-/m0/s1. The van der Waals surface area contributed by atoms with Gasteiger partial charge in [-0.25, -0.2) is 0 Å². The third-order valence-corrected chi connectivity index (χ3v) is 5.71. The van der Waals surface area contributed by atoms with Crippen molar-refractivity contribution >= 4 is 0 Å². The van der Waals surface area contributed by atoms with E-state index in [0.717, 1.165) is 19.6 Å². The number of rotatable bonds is 4. The summed E-state index contributed by atoms with van der Waals surface area (Å²) in [5.41, 5.74) is 3.05. The van der Waals surface area contributed by atoms with Crippen molar-refractivity contribution in [1.29, 1.82) is 0 Å². The van der Waals surface area contributed by atoms with Gasteiger partial charge in [-0.15, -0.1) is 0 Å². The Morgan fingerprint density at radius 1 is 0.808 bits per heavy atom. The maximum Gasteiger partial charge on any atom is 0.0602 e. The van der Waals surface area contributed by atoms with Crippen molar-refractivity contribution in [3.8, 4) is 0 Å². The molecular formula is C24H34N2. The maximum atomic E-state index is 2.70. The van der Waals surface area contributed by atoms with E-state index in [1.165, 1.54) is 11.1 Å². The van der Waals surface area contributed by atoms with Gasteiger partial charge in [0, 0.05) is 31.7 Å². The van der Waals surface area contributed by atoms with E-state index in [4.69, 9.17) is 0 Å². The Kier molecular flexibility index (Phi) is 5.84. The number of hydrogen-bond donors (Lipinski definition) is 0. The van der Waals surface area contributed by atoms with Crippen LogP contribution in [0.3, 0.4) is 0 Å². The second-order valence-electron chi connectivity index (χ2n) is 8.93. The van der Waals surface area contributed by atoms with Gasteiger partial charge >= 0.3 is 0 Å². The van der Waals surface area contributed by atoms with Crippen LogP contribution in [0.5, 0.6) is 0 Å². The largest absolute Gasteiger partial charge is 0.295 e. The lowest BCUT2D eigenvalue weighted by molar-refractivity contribution is -0.0133. The Morgan fingerprint density at radius 2 is 1.31 bits per heavy atom. The number of benzene rings is 2. The highest BCUT2D eigenvalue weighted by molar-refractivity contribution is 5.32. The van der Waals surface area contributed by atoms with Crippen molar-refractivity contribution in [2.24, 2.45) is 5.41 Å².